The number of halogens is 2. The van der Waals surface area contributed by atoms with Crippen LogP contribution < -0.4 is 10.1 Å². The van der Waals surface area contributed by atoms with Gasteiger partial charge in [-0.05, 0) is 30.3 Å². The normalized spacial score (nSPS) is 10.2. The van der Waals surface area contributed by atoms with E-state index >= 15 is 0 Å². The Labute approximate surface area is 119 Å². The molecule has 0 saturated carbocycles. The van der Waals surface area contributed by atoms with Crippen molar-refractivity contribution >= 4 is 23.2 Å². The van der Waals surface area contributed by atoms with E-state index in [1.165, 1.54) is 31.4 Å². The lowest BCUT2D eigenvalue weighted by Gasteiger charge is -2.08. The second kappa shape index (κ2) is 5.79. The minimum atomic E-state index is -0.577. The Morgan fingerprint density at radius 1 is 1.30 bits per heavy atom. The number of benzene rings is 2. The molecule has 0 bridgehead atoms. The molecule has 0 aliphatic rings. The lowest BCUT2D eigenvalue weighted by molar-refractivity contribution is 0.102. The molecular formula is C14H11ClFNO3. The molecule has 0 atom stereocenters. The van der Waals surface area contributed by atoms with Crippen LogP contribution in [-0.4, -0.2) is 18.1 Å². The summed E-state index contributed by atoms with van der Waals surface area (Å²) >= 11 is 5.69. The molecule has 0 unspecified atom stereocenters. The van der Waals surface area contributed by atoms with Gasteiger partial charge in [0.1, 0.15) is 17.3 Å². The van der Waals surface area contributed by atoms with Gasteiger partial charge in [-0.15, -0.1) is 0 Å². The fourth-order valence-corrected chi connectivity index (χ4v) is 1.88. The number of rotatable bonds is 3. The maximum absolute atomic E-state index is 13.2. The number of hydrogen-bond donors (Lipinski definition) is 2. The van der Waals surface area contributed by atoms with Crippen molar-refractivity contribution in [3.63, 3.8) is 0 Å². The highest BCUT2D eigenvalue weighted by Crippen LogP contribution is 2.25. The molecule has 104 valence electrons. The van der Waals surface area contributed by atoms with E-state index < -0.39 is 11.7 Å². The smallest absolute Gasteiger partial charge is 0.259 e. The van der Waals surface area contributed by atoms with E-state index in [2.05, 4.69) is 5.32 Å². The summed E-state index contributed by atoms with van der Waals surface area (Å²) in [6, 6.07) is 7.92. The summed E-state index contributed by atoms with van der Waals surface area (Å²) in [6.07, 6.45) is 0. The van der Waals surface area contributed by atoms with Crippen molar-refractivity contribution in [2.75, 3.05) is 12.4 Å². The van der Waals surface area contributed by atoms with Crippen molar-refractivity contribution in [3.05, 3.63) is 52.8 Å². The minimum Gasteiger partial charge on any atom is -0.507 e. The highest BCUT2D eigenvalue weighted by molar-refractivity contribution is 6.31. The minimum absolute atomic E-state index is 0.0474. The van der Waals surface area contributed by atoms with E-state index in [4.69, 9.17) is 16.3 Å². The summed E-state index contributed by atoms with van der Waals surface area (Å²) in [7, 11) is 1.45. The maximum atomic E-state index is 13.2. The zero-order valence-electron chi connectivity index (χ0n) is 10.5. The van der Waals surface area contributed by atoms with Crippen molar-refractivity contribution in [1.29, 1.82) is 0 Å². The first-order valence-electron chi connectivity index (χ1n) is 5.64. The van der Waals surface area contributed by atoms with Crippen LogP contribution in [0.3, 0.4) is 0 Å². The molecule has 2 rings (SSSR count). The summed E-state index contributed by atoms with van der Waals surface area (Å²) in [4.78, 5) is 12.0. The number of amides is 1. The predicted molar refractivity (Wildman–Crippen MR) is 74.0 cm³/mol. The molecule has 6 heteroatoms. The Morgan fingerprint density at radius 3 is 2.65 bits per heavy atom. The SMILES string of the molecule is COc1ccc(C(=O)Nc2cc(F)cc(Cl)c2)c(O)c1. The van der Waals surface area contributed by atoms with Crippen LogP contribution in [0.15, 0.2) is 36.4 Å². The quantitative estimate of drug-likeness (QED) is 0.912. The van der Waals surface area contributed by atoms with Crippen molar-refractivity contribution in [3.8, 4) is 11.5 Å². The molecule has 2 aromatic carbocycles. The fraction of sp³-hybridized carbons (Fsp3) is 0.0714. The number of methoxy groups -OCH3 is 1. The standard InChI is InChI=1S/C14H11ClFNO3/c1-20-11-2-3-12(13(18)7-11)14(19)17-10-5-8(15)4-9(16)6-10/h2-7,18H,1H3,(H,17,19). The molecule has 0 saturated heterocycles. The van der Waals surface area contributed by atoms with Crippen LogP contribution in [0.25, 0.3) is 0 Å². The van der Waals surface area contributed by atoms with Gasteiger partial charge in [0, 0.05) is 16.8 Å². The molecular weight excluding hydrogens is 285 g/mol. The monoisotopic (exact) mass is 295 g/mol. The van der Waals surface area contributed by atoms with Crippen molar-refractivity contribution in [2.45, 2.75) is 0 Å². The molecule has 0 aliphatic heterocycles. The third kappa shape index (κ3) is 3.19. The van der Waals surface area contributed by atoms with Crippen LogP contribution >= 0.6 is 11.6 Å². The number of ether oxygens (including phenoxy) is 1. The first-order chi connectivity index (χ1) is 9.49. The summed E-state index contributed by atoms with van der Waals surface area (Å²) in [5.41, 5.74) is 0.251. The van der Waals surface area contributed by atoms with Gasteiger partial charge >= 0.3 is 0 Å². The summed E-state index contributed by atoms with van der Waals surface area (Å²) < 4.78 is 18.1. The molecule has 0 aliphatic carbocycles. The van der Waals surface area contributed by atoms with E-state index in [0.717, 1.165) is 12.1 Å². The Morgan fingerprint density at radius 2 is 2.05 bits per heavy atom. The Hall–Kier alpha value is -2.27. The Balaban J connectivity index is 2.23. The van der Waals surface area contributed by atoms with E-state index in [-0.39, 0.29) is 22.0 Å². The van der Waals surface area contributed by atoms with Crippen LogP contribution in [0, 0.1) is 5.82 Å². The van der Waals surface area contributed by atoms with Crippen LogP contribution in [0.2, 0.25) is 5.02 Å². The van der Waals surface area contributed by atoms with Crippen LogP contribution in [-0.2, 0) is 0 Å². The van der Waals surface area contributed by atoms with E-state index in [1.54, 1.807) is 0 Å². The Bertz CT molecular complexity index is 641. The number of anilines is 1. The largest absolute Gasteiger partial charge is 0.507 e. The molecule has 0 fully saturated rings. The zero-order valence-corrected chi connectivity index (χ0v) is 11.2. The van der Waals surface area contributed by atoms with Crippen LogP contribution in [0.5, 0.6) is 11.5 Å². The number of aromatic hydroxyl groups is 1. The van der Waals surface area contributed by atoms with Gasteiger partial charge < -0.3 is 15.2 Å². The van der Waals surface area contributed by atoms with Crippen molar-refractivity contribution in [1.82, 2.24) is 0 Å². The third-order valence-corrected chi connectivity index (χ3v) is 2.79. The molecule has 0 radical (unpaired) electrons. The maximum Gasteiger partial charge on any atom is 0.259 e. The second-order valence-electron chi connectivity index (χ2n) is 4.00. The van der Waals surface area contributed by atoms with Gasteiger partial charge in [-0.1, -0.05) is 11.6 Å². The summed E-state index contributed by atoms with van der Waals surface area (Å²) in [5.74, 6) is -0.948. The molecule has 2 aromatic rings. The number of nitrogens with one attached hydrogen (secondary N) is 1. The second-order valence-corrected chi connectivity index (χ2v) is 4.43. The molecule has 20 heavy (non-hydrogen) atoms. The molecule has 0 aromatic heterocycles. The average molecular weight is 296 g/mol. The van der Waals surface area contributed by atoms with E-state index in [1.807, 2.05) is 0 Å². The number of hydrogen-bond acceptors (Lipinski definition) is 3. The molecule has 2 N–H and O–H groups in total. The van der Waals surface area contributed by atoms with E-state index in [0.29, 0.717) is 5.75 Å². The van der Waals surface area contributed by atoms with Gasteiger partial charge in [-0.2, -0.15) is 0 Å². The van der Waals surface area contributed by atoms with Gasteiger partial charge in [-0.3, -0.25) is 4.79 Å². The fourth-order valence-electron chi connectivity index (χ4n) is 1.65. The molecule has 0 spiro atoms. The lowest BCUT2D eigenvalue weighted by Crippen LogP contribution is -2.12. The first-order valence-corrected chi connectivity index (χ1v) is 6.02. The third-order valence-electron chi connectivity index (χ3n) is 2.57. The van der Waals surface area contributed by atoms with Crippen LogP contribution in [0.4, 0.5) is 10.1 Å². The molecule has 4 nitrogen and oxygen atoms in total. The van der Waals surface area contributed by atoms with Crippen LogP contribution in [0.1, 0.15) is 10.4 Å². The highest BCUT2D eigenvalue weighted by atomic mass is 35.5. The summed E-state index contributed by atoms with van der Waals surface area (Å²) in [6.45, 7) is 0. The molecule has 1 amide bonds. The summed E-state index contributed by atoms with van der Waals surface area (Å²) in [5, 5.41) is 12.4. The van der Waals surface area contributed by atoms with E-state index in [9.17, 15) is 14.3 Å². The Kier molecular flexibility index (Phi) is 4.10. The van der Waals surface area contributed by atoms with Gasteiger partial charge in [0.05, 0.1) is 12.7 Å². The lowest BCUT2D eigenvalue weighted by atomic mass is 10.1. The highest BCUT2D eigenvalue weighted by Gasteiger charge is 2.13. The van der Waals surface area contributed by atoms with Gasteiger partial charge in [-0.25, -0.2) is 4.39 Å². The number of carbonyl (C=O) groups is 1. The van der Waals surface area contributed by atoms with Crippen molar-refractivity contribution < 1.29 is 19.0 Å². The number of carbonyl (C=O) groups excluding carboxylic acids is 1. The molecule has 0 heterocycles. The van der Waals surface area contributed by atoms with Gasteiger partial charge in [0.15, 0.2) is 0 Å². The number of phenols is 1. The zero-order chi connectivity index (χ0) is 14.7. The van der Waals surface area contributed by atoms with Gasteiger partial charge in [0.25, 0.3) is 5.91 Å². The van der Waals surface area contributed by atoms with Gasteiger partial charge in [0.2, 0.25) is 0 Å². The predicted octanol–water partition coefficient (Wildman–Crippen LogP) is 3.45. The van der Waals surface area contributed by atoms with Crippen molar-refractivity contribution in [2.24, 2.45) is 0 Å². The first kappa shape index (κ1) is 14.1. The topological polar surface area (TPSA) is 58.6 Å². The average Bonchev–Trinajstić information content (AvgIpc) is 2.36. The number of phenolic OH excluding ortho intramolecular Hbond substituents is 1.